The highest BCUT2D eigenvalue weighted by molar-refractivity contribution is 5.68. The Labute approximate surface area is 247 Å². The van der Waals surface area contributed by atoms with Crippen molar-refractivity contribution in [1.29, 1.82) is 0 Å². The molecule has 0 aliphatic carbocycles. The van der Waals surface area contributed by atoms with E-state index in [1.165, 1.54) is 29.3 Å². The van der Waals surface area contributed by atoms with Crippen molar-refractivity contribution in [2.24, 2.45) is 0 Å². The molecular formula is C32H44O10. The van der Waals surface area contributed by atoms with Crippen LogP contribution in [-0.4, -0.2) is 59.0 Å². The quantitative estimate of drug-likeness (QED) is 0.180. The highest BCUT2D eigenvalue weighted by Crippen LogP contribution is 2.32. The van der Waals surface area contributed by atoms with Crippen LogP contribution < -0.4 is 4.74 Å². The Morgan fingerprint density at radius 3 is 1.95 bits per heavy atom. The molecule has 0 spiro atoms. The van der Waals surface area contributed by atoms with E-state index in [-0.39, 0.29) is 11.5 Å². The first-order valence-corrected chi connectivity index (χ1v) is 14.0. The van der Waals surface area contributed by atoms with Crippen molar-refractivity contribution in [3.63, 3.8) is 0 Å². The first-order valence-electron chi connectivity index (χ1n) is 14.0. The summed E-state index contributed by atoms with van der Waals surface area (Å²) in [5.74, 6) is -1.97. The van der Waals surface area contributed by atoms with E-state index < -0.39 is 48.8 Å². The number of aliphatic hydroxyl groups excluding tert-OH is 1. The van der Waals surface area contributed by atoms with E-state index in [1.807, 2.05) is 13.0 Å². The molecule has 232 valence electrons. The summed E-state index contributed by atoms with van der Waals surface area (Å²) in [6.07, 6.45) is 3.29. The number of ether oxygens (including phenoxy) is 5. The minimum atomic E-state index is -1.62. The van der Waals surface area contributed by atoms with Crippen LogP contribution in [0.15, 0.2) is 53.1 Å². The number of phenolic OH excluding ortho intramolecular Hbond substituents is 1. The summed E-state index contributed by atoms with van der Waals surface area (Å²) in [4.78, 5) is 35.3. The fourth-order valence-corrected chi connectivity index (χ4v) is 4.38. The van der Waals surface area contributed by atoms with Crippen molar-refractivity contribution in [1.82, 2.24) is 0 Å². The number of hydrogen-bond acceptors (Lipinski definition) is 10. The third kappa shape index (κ3) is 11.7. The van der Waals surface area contributed by atoms with Gasteiger partial charge in [-0.25, -0.2) is 0 Å². The summed E-state index contributed by atoms with van der Waals surface area (Å²) in [6, 6.07) is 4.47. The molecule has 0 bridgehead atoms. The molecule has 1 aliphatic heterocycles. The minimum absolute atomic E-state index is 0.0222. The normalized spacial score (nSPS) is 22.6. The van der Waals surface area contributed by atoms with Crippen molar-refractivity contribution in [2.75, 3.05) is 0 Å². The van der Waals surface area contributed by atoms with Crippen molar-refractivity contribution < 1.29 is 48.3 Å². The molecule has 2 rings (SSSR count). The van der Waals surface area contributed by atoms with Crippen LogP contribution in [0, 0.1) is 0 Å². The van der Waals surface area contributed by atoms with Crippen LogP contribution in [0.5, 0.6) is 11.5 Å². The highest BCUT2D eigenvalue weighted by atomic mass is 16.8. The van der Waals surface area contributed by atoms with Gasteiger partial charge in [0.05, 0.1) is 0 Å². The Kier molecular flexibility index (Phi) is 13.8. The number of esters is 3. The number of aromatic hydroxyl groups is 1. The second-order valence-electron chi connectivity index (χ2n) is 10.7. The van der Waals surface area contributed by atoms with Crippen LogP contribution in [0.3, 0.4) is 0 Å². The standard InChI is InChI=1S/C32H44O10/c1-19(2)10-8-11-20(3)12-9-13-21(4)14-15-25-18-26(36)16-17-27(25)41-31-28(37)29(38-22(5)33)30(39-23(6)34)32(42-31)40-24(7)35/h10,12,14,16-18,28-32,36-37H,8-9,11,13,15H2,1-7H3/b20-12+,21-14+/t28-,29-,30-,31-,32+/m1/s1. The number of benzene rings is 1. The molecule has 1 aliphatic rings. The summed E-state index contributed by atoms with van der Waals surface area (Å²) in [7, 11) is 0. The number of rotatable bonds is 13. The SMILES string of the molecule is CC(=O)O[C@H]1O[C@@H](Oc2ccc(O)cc2C/C=C(\C)CC/C=C(\C)CCC=C(C)C)[C@H](O)[C@@H](OC(C)=O)[C@H]1OC(C)=O. The largest absolute Gasteiger partial charge is 0.508 e. The molecule has 5 atom stereocenters. The molecule has 10 heteroatoms. The number of aliphatic hydroxyl groups is 1. The smallest absolute Gasteiger partial charge is 0.305 e. The molecule has 42 heavy (non-hydrogen) atoms. The molecule has 1 fully saturated rings. The van der Waals surface area contributed by atoms with Gasteiger partial charge in [0.25, 0.3) is 0 Å². The Morgan fingerprint density at radius 1 is 0.786 bits per heavy atom. The molecule has 1 heterocycles. The first-order chi connectivity index (χ1) is 19.8. The van der Waals surface area contributed by atoms with Gasteiger partial charge in [-0.3, -0.25) is 19.1 Å². The molecule has 0 unspecified atom stereocenters. The fourth-order valence-electron chi connectivity index (χ4n) is 4.38. The zero-order valence-corrected chi connectivity index (χ0v) is 25.5. The van der Waals surface area contributed by atoms with Gasteiger partial charge >= 0.3 is 17.9 Å². The van der Waals surface area contributed by atoms with E-state index in [0.717, 1.165) is 52.0 Å². The summed E-state index contributed by atoms with van der Waals surface area (Å²) in [5.41, 5.74) is 4.43. The molecule has 2 N–H and O–H groups in total. The molecule has 0 radical (unpaired) electrons. The maximum Gasteiger partial charge on any atom is 0.305 e. The summed E-state index contributed by atoms with van der Waals surface area (Å²) < 4.78 is 27.3. The topological polar surface area (TPSA) is 138 Å². The van der Waals surface area contributed by atoms with Crippen LogP contribution in [-0.2, 0) is 39.8 Å². The highest BCUT2D eigenvalue weighted by Gasteiger charge is 2.52. The van der Waals surface area contributed by atoms with Gasteiger partial charge in [0.2, 0.25) is 18.7 Å². The second-order valence-corrected chi connectivity index (χ2v) is 10.7. The molecule has 1 saturated heterocycles. The van der Waals surface area contributed by atoms with Crippen molar-refractivity contribution >= 4 is 17.9 Å². The minimum Gasteiger partial charge on any atom is -0.508 e. The average molecular weight is 589 g/mol. The lowest BCUT2D eigenvalue weighted by Crippen LogP contribution is -2.62. The van der Waals surface area contributed by atoms with Gasteiger partial charge in [-0.05, 0) is 78.0 Å². The fraction of sp³-hybridized carbons (Fsp3) is 0.531. The van der Waals surface area contributed by atoms with Gasteiger partial charge in [-0.15, -0.1) is 0 Å². The molecule has 10 nitrogen and oxygen atoms in total. The van der Waals surface area contributed by atoms with Gasteiger partial charge in [0.15, 0.2) is 12.2 Å². The summed E-state index contributed by atoms with van der Waals surface area (Å²) >= 11 is 0. The molecule has 1 aromatic rings. The van der Waals surface area contributed by atoms with E-state index in [9.17, 15) is 24.6 Å². The zero-order valence-electron chi connectivity index (χ0n) is 25.5. The maximum absolute atomic E-state index is 11.8. The Bertz CT molecular complexity index is 1180. The van der Waals surface area contributed by atoms with Gasteiger partial charge < -0.3 is 29.2 Å². The van der Waals surface area contributed by atoms with E-state index in [2.05, 4.69) is 32.9 Å². The predicted molar refractivity (Wildman–Crippen MR) is 155 cm³/mol. The van der Waals surface area contributed by atoms with Crippen LogP contribution in [0.4, 0.5) is 0 Å². The Balaban J connectivity index is 2.20. The monoisotopic (exact) mass is 588 g/mol. The summed E-state index contributed by atoms with van der Waals surface area (Å²) in [6.45, 7) is 11.7. The van der Waals surface area contributed by atoms with Crippen molar-refractivity contribution in [2.45, 2.75) is 111 Å². The van der Waals surface area contributed by atoms with Gasteiger partial charge in [-0.1, -0.05) is 34.9 Å². The number of phenols is 1. The first kappa shape index (κ1) is 34.6. The van der Waals surface area contributed by atoms with E-state index in [0.29, 0.717) is 12.0 Å². The Morgan fingerprint density at radius 2 is 1.36 bits per heavy atom. The van der Waals surface area contributed by atoms with Crippen LogP contribution in [0.2, 0.25) is 0 Å². The lowest BCUT2D eigenvalue weighted by molar-refractivity contribution is -0.327. The maximum atomic E-state index is 11.8. The van der Waals surface area contributed by atoms with Gasteiger partial charge in [-0.2, -0.15) is 0 Å². The average Bonchev–Trinajstić information content (AvgIpc) is 2.87. The Hall–Kier alpha value is -3.63. The zero-order chi connectivity index (χ0) is 31.4. The van der Waals surface area contributed by atoms with E-state index in [4.69, 9.17) is 23.7 Å². The van der Waals surface area contributed by atoms with Crippen LogP contribution in [0.25, 0.3) is 0 Å². The molecule has 0 saturated carbocycles. The summed E-state index contributed by atoms with van der Waals surface area (Å²) in [5, 5.41) is 21.2. The van der Waals surface area contributed by atoms with Crippen molar-refractivity contribution in [3.05, 3.63) is 58.7 Å². The lowest BCUT2D eigenvalue weighted by atomic mass is 10.0. The molecule has 0 amide bonds. The van der Waals surface area contributed by atoms with Crippen molar-refractivity contribution in [3.8, 4) is 11.5 Å². The second kappa shape index (κ2) is 16.7. The van der Waals surface area contributed by atoms with Gasteiger partial charge in [0.1, 0.15) is 11.5 Å². The third-order valence-corrected chi connectivity index (χ3v) is 6.44. The van der Waals surface area contributed by atoms with Crippen LogP contribution >= 0.6 is 0 Å². The third-order valence-electron chi connectivity index (χ3n) is 6.44. The van der Waals surface area contributed by atoms with Crippen LogP contribution in [0.1, 0.15) is 79.7 Å². The van der Waals surface area contributed by atoms with E-state index in [1.54, 1.807) is 0 Å². The predicted octanol–water partition coefficient (Wildman–Crippen LogP) is 5.20. The molecular weight excluding hydrogens is 544 g/mol. The lowest BCUT2D eigenvalue weighted by Gasteiger charge is -2.42. The number of carbonyl (C=O) groups excluding carboxylic acids is 3. The van der Waals surface area contributed by atoms with Gasteiger partial charge in [0, 0.05) is 26.3 Å². The number of hydrogen-bond donors (Lipinski definition) is 2. The number of carbonyl (C=O) groups is 3. The van der Waals surface area contributed by atoms with E-state index >= 15 is 0 Å². The number of allylic oxidation sites excluding steroid dienone is 6. The molecule has 0 aromatic heterocycles. The molecule has 1 aromatic carbocycles.